The van der Waals surface area contributed by atoms with E-state index in [-0.39, 0.29) is 5.78 Å². The number of aryl methyl sites for hydroxylation is 2. The van der Waals surface area contributed by atoms with Crippen molar-refractivity contribution < 1.29 is 4.79 Å². The fourth-order valence-electron chi connectivity index (χ4n) is 1.96. The van der Waals surface area contributed by atoms with Gasteiger partial charge in [-0.25, -0.2) is 0 Å². The van der Waals surface area contributed by atoms with E-state index in [0.717, 1.165) is 22.2 Å². The van der Waals surface area contributed by atoms with Crippen LogP contribution in [0, 0.1) is 13.8 Å². The number of aromatic amines is 1. The summed E-state index contributed by atoms with van der Waals surface area (Å²) in [4.78, 5) is 14.7. The van der Waals surface area contributed by atoms with Gasteiger partial charge in [-0.15, -0.1) is 0 Å². The van der Waals surface area contributed by atoms with Gasteiger partial charge in [-0.3, -0.25) is 4.79 Å². The topological polar surface area (TPSA) is 32.9 Å². The lowest BCUT2D eigenvalue weighted by Crippen LogP contribution is -1.93. The molecule has 0 unspecified atom stereocenters. The van der Waals surface area contributed by atoms with Crippen molar-refractivity contribution in [3.05, 3.63) is 34.0 Å². The summed E-state index contributed by atoms with van der Waals surface area (Å²) in [7, 11) is 0. The number of H-pyrrole nitrogens is 1. The zero-order valence-corrected chi connectivity index (χ0v) is 9.70. The molecular weight excluding hydrogens is 210 g/mol. The number of aromatic nitrogens is 1. The molecule has 0 saturated heterocycles. The number of fused-ring (bicyclic) bond motifs is 1. The molecule has 0 fully saturated rings. The summed E-state index contributed by atoms with van der Waals surface area (Å²) in [6, 6.07) is 3.78. The first-order chi connectivity index (χ1) is 7.02. The summed E-state index contributed by atoms with van der Waals surface area (Å²) in [5.41, 5.74) is 3.66. The van der Waals surface area contributed by atoms with Gasteiger partial charge in [-0.1, -0.05) is 17.7 Å². The molecule has 1 aromatic heterocycles. The molecule has 1 heterocycles. The number of rotatable bonds is 1. The lowest BCUT2D eigenvalue weighted by Gasteiger charge is -1.99. The van der Waals surface area contributed by atoms with E-state index < -0.39 is 0 Å². The number of hydrogen-bond acceptors (Lipinski definition) is 1. The molecule has 0 spiro atoms. The number of nitrogens with one attached hydrogen (secondary N) is 1. The summed E-state index contributed by atoms with van der Waals surface area (Å²) in [6.45, 7) is 5.46. The van der Waals surface area contributed by atoms with E-state index in [1.165, 1.54) is 0 Å². The van der Waals surface area contributed by atoms with Crippen LogP contribution in [0.1, 0.15) is 28.5 Å². The summed E-state index contributed by atoms with van der Waals surface area (Å²) in [5, 5.41) is 1.48. The first-order valence-electron chi connectivity index (χ1n) is 4.80. The predicted octanol–water partition coefficient (Wildman–Crippen LogP) is 3.64. The number of Topliss-reactive ketones (excluding diaryl/α,β-unsaturated/α-hetero) is 1. The first kappa shape index (κ1) is 10.2. The molecule has 0 aliphatic heterocycles. The second kappa shape index (κ2) is 3.38. The van der Waals surface area contributed by atoms with Gasteiger partial charge in [-0.2, -0.15) is 0 Å². The molecule has 2 nitrogen and oxygen atoms in total. The van der Waals surface area contributed by atoms with Gasteiger partial charge in [0.1, 0.15) is 0 Å². The van der Waals surface area contributed by atoms with Gasteiger partial charge in [0, 0.05) is 16.6 Å². The number of carbonyl (C=O) groups is 1. The van der Waals surface area contributed by atoms with Crippen LogP contribution < -0.4 is 0 Å². The minimum absolute atomic E-state index is 0.0475. The Morgan fingerprint density at radius 1 is 1.33 bits per heavy atom. The van der Waals surface area contributed by atoms with Gasteiger partial charge >= 0.3 is 0 Å². The van der Waals surface area contributed by atoms with E-state index in [1.807, 2.05) is 26.0 Å². The Morgan fingerprint density at radius 2 is 2.00 bits per heavy atom. The molecule has 1 aromatic carbocycles. The molecule has 78 valence electrons. The molecule has 3 heteroatoms. The molecule has 0 amide bonds. The predicted molar refractivity (Wildman–Crippen MR) is 62.8 cm³/mol. The van der Waals surface area contributed by atoms with Gasteiger partial charge < -0.3 is 4.98 Å². The molecule has 2 rings (SSSR count). The standard InChI is InChI=1S/C12H12ClNO/c1-6-4-5-9(13)11-10(8(3)15)7(2)14-12(6)11/h4-5,14H,1-3H3. The third-order valence-electron chi connectivity index (χ3n) is 2.65. The van der Waals surface area contributed by atoms with E-state index in [0.29, 0.717) is 10.6 Å². The lowest BCUT2D eigenvalue weighted by atomic mass is 10.1. The highest BCUT2D eigenvalue weighted by Crippen LogP contribution is 2.31. The molecular formula is C12H12ClNO. The number of hydrogen-bond donors (Lipinski definition) is 1. The molecule has 0 atom stereocenters. The maximum Gasteiger partial charge on any atom is 0.162 e. The van der Waals surface area contributed by atoms with Crippen molar-refractivity contribution >= 4 is 28.3 Å². The minimum Gasteiger partial charge on any atom is -0.358 e. The molecule has 2 aromatic rings. The van der Waals surface area contributed by atoms with E-state index in [2.05, 4.69) is 4.98 Å². The van der Waals surface area contributed by atoms with E-state index >= 15 is 0 Å². The molecule has 0 saturated carbocycles. The van der Waals surface area contributed by atoms with Crippen molar-refractivity contribution in [2.45, 2.75) is 20.8 Å². The second-order valence-corrected chi connectivity index (χ2v) is 4.20. The number of ketones is 1. The van der Waals surface area contributed by atoms with Crippen LogP contribution in [0.2, 0.25) is 5.02 Å². The Morgan fingerprint density at radius 3 is 2.60 bits per heavy atom. The van der Waals surface area contributed by atoms with Crippen LogP contribution in [0.15, 0.2) is 12.1 Å². The Bertz CT molecular complexity index is 554. The van der Waals surface area contributed by atoms with Crippen LogP contribution in [-0.2, 0) is 0 Å². The van der Waals surface area contributed by atoms with Gasteiger partial charge in [0.05, 0.1) is 10.5 Å². The van der Waals surface area contributed by atoms with Crippen molar-refractivity contribution in [3.63, 3.8) is 0 Å². The zero-order valence-electron chi connectivity index (χ0n) is 8.94. The summed E-state index contributed by atoms with van der Waals surface area (Å²) >= 11 is 6.12. The fourth-order valence-corrected chi connectivity index (χ4v) is 2.22. The number of benzene rings is 1. The maximum absolute atomic E-state index is 11.5. The van der Waals surface area contributed by atoms with Crippen LogP contribution in [0.5, 0.6) is 0 Å². The lowest BCUT2D eigenvalue weighted by molar-refractivity contribution is 0.101. The summed E-state index contributed by atoms with van der Waals surface area (Å²) < 4.78 is 0. The maximum atomic E-state index is 11.5. The fraction of sp³-hybridized carbons (Fsp3) is 0.250. The highest BCUT2D eigenvalue weighted by Gasteiger charge is 2.15. The SMILES string of the molecule is CC(=O)c1c(C)[nH]c2c(C)ccc(Cl)c12. The molecule has 0 bridgehead atoms. The summed E-state index contributed by atoms with van der Waals surface area (Å²) in [5.74, 6) is 0.0475. The second-order valence-electron chi connectivity index (χ2n) is 3.80. The van der Waals surface area contributed by atoms with Crippen LogP contribution in [0.25, 0.3) is 10.9 Å². The van der Waals surface area contributed by atoms with Gasteiger partial charge in [-0.05, 0) is 32.4 Å². The van der Waals surface area contributed by atoms with Crippen LogP contribution >= 0.6 is 11.6 Å². The number of halogens is 1. The van der Waals surface area contributed by atoms with Crippen molar-refractivity contribution in [2.75, 3.05) is 0 Å². The largest absolute Gasteiger partial charge is 0.358 e. The molecule has 0 aliphatic rings. The Labute approximate surface area is 93.2 Å². The Balaban J connectivity index is 2.98. The van der Waals surface area contributed by atoms with E-state index in [4.69, 9.17) is 11.6 Å². The van der Waals surface area contributed by atoms with Gasteiger partial charge in [0.15, 0.2) is 5.78 Å². The third-order valence-corrected chi connectivity index (χ3v) is 2.97. The van der Waals surface area contributed by atoms with E-state index in [9.17, 15) is 4.79 Å². The Kier molecular flexibility index (Phi) is 2.31. The molecule has 15 heavy (non-hydrogen) atoms. The molecule has 0 aliphatic carbocycles. The monoisotopic (exact) mass is 221 g/mol. The normalized spacial score (nSPS) is 10.9. The first-order valence-corrected chi connectivity index (χ1v) is 5.18. The average molecular weight is 222 g/mol. The molecule has 1 N–H and O–H groups in total. The smallest absolute Gasteiger partial charge is 0.162 e. The summed E-state index contributed by atoms with van der Waals surface area (Å²) in [6.07, 6.45) is 0. The third kappa shape index (κ3) is 1.45. The number of carbonyl (C=O) groups excluding carboxylic acids is 1. The van der Waals surface area contributed by atoms with Crippen LogP contribution in [0.4, 0.5) is 0 Å². The molecule has 0 radical (unpaired) electrons. The Hall–Kier alpha value is -1.28. The highest BCUT2D eigenvalue weighted by atomic mass is 35.5. The highest BCUT2D eigenvalue weighted by molar-refractivity contribution is 6.37. The van der Waals surface area contributed by atoms with Crippen LogP contribution in [0.3, 0.4) is 0 Å². The van der Waals surface area contributed by atoms with Crippen LogP contribution in [-0.4, -0.2) is 10.8 Å². The average Bonchev–Trinajstić information content (AvgIpc) is 2.50. The zero-order chi connectivity index (χ0) is 11.2. The van der Waals surface area contributed by atoms with E-state index in [1.54, 1.807) is 6.92 Å². The van der Waals surface area contributed by atoms with Crippen molar-refractivity contribution in [3.8, 4) is 0 Å². The minimum atomic E-state index is 0.0475. The van der Waals surface area contributed by atoms with Crippen molar-refractivity contribution in [1.82, 2.24) is 4.98 Å². The quantitative estimate of drug-likeness (QED) is 0.733. The van der Waals surface area contributed by atoms with Crippen molar-refractivity contribution in [2.24, 2.45) is 0 Å². The van der Waals surface area contributed by atoms with Crippen molar-refractivity contribution in [1.29, 1.82) is 0 Å². The van der Waals surface area contributed by atoms with Gasteiger partial charge in [0.2, 0.25) is 0 Å². The van der Waals surface area contributed by atoms with Gasteiger partial charge in [0.25, 0.3) is 0 Å².